The SMILES string of the molecule is CN1CCN(CCCN2C(=S)N(c3ccc(Cl)cc3)C(=O)[C@H]2CC(=O)Nc2ccc(Br)cc2)CC1. The van der Waals surface area contributed by atoms with Gasteiger partial charge in [-0.05, 0) is 80.8 Å². The lowest BCUT2D eigenvalue weighted by Gasteiger charge is -2.33. The summed E-state index contributed by atoms with van der Waals surface area (Å²) in [7, 11) is 2.14. The average Bonchev–Trinajstić information content (AvgIpc) is 3.06. The molecule has 2 aromatic rings. The molecule has 2 aliphatic rings. The Hall–Kier alpha value is -2.04. The average molecular weight is 579 g/mol. The van der Waals surface area contributed by atoms with E-state index in [9.17, 15) is 9.59 Å². The maximum absolute atomic E-state index is 13.5. The van der Waals surface area contributed by atoms with Crippen molar-refractivity contribution in [1.82, 2.24) is 14.7 Å². The molecule has 0 saturated carbocycles. The number of anilines is 2. The highest BCUT2D eigenvalue weighted by atomic mass is 79.9. The number of hydrogen-bond donors (Lipinski definition) is 1. The quantitative estimate of drug-likeness (QED) is 0.477. The molecule has 2 heterocycles. The lowest BCUT2D eigenvalue weighted by molar-refractivity contribution is -0.124. The Bertz CT molecular complexity index is 1060. The molecule has 7 nitrogen and oxygen atoms in total. The van der Waals surface area contributed by atoms with E-state index in [2.05, 4.69) is 38.1 Å². The van der Waals surface area contributed by atoms with E-state index in [0.29, 0.717) is 28.1 Å². The molecule has 4 rings (SSSR count). The zero-order valence-corrected chi connectivity index (χ0v) is 22.8. The maximum Gasteiger partial charge on any atom is 0.256 e. The predicted octanol–water partition coefficient (Wildman–Crippen LogP) is 4.07. The van der Waals surface area contributed by atoms with Gasteiger partial charge in [0.25, 0.3) is 5.91 Å². The van der Waals surface area contributed by atoms with Crippen LogP contribution >= 0.6 is 39.7 Å². The lowest BCUT2D eigenvalue weighted by atomic mass is 10.1. The van der Waals surface area contributed by atoms with Gasteiger partial charge in [0.15, 0.2) is 5.11 Å². The van der Waals surface area contributed by atoms with Crippen molar-refractivity contribution in [2.24, 2.45) is 0 Å². The molecule has 2 aromatic carbocycles. The normalized spacial score (nSPS) is 19.5. The highest BCUT2D eigenvalue weighted by Gasteiger charge is 2.43. The van der Waals surface area contributed by atoms with Crippen LogP contribution in [0.4, 0.5) is 11.4 Å². The number of nitrogens with zero attached hydrogens (tertiary/aromatic N) is 4. The van der Waals surface area contributed by atoms with Crippen molar-refractivity contribution in [3.63, 3.8) is 0 Å². The number of hydrogen-bond acceptors (Lipinski definition) is 5. The van der Waals surface area contributed by atoms with Crippen molar-refractivity contribution >= 4 is 68.1 Å². The fourth-order valence-corrected chi connectivity index (χ4v) is 5.18. The molecule has 35 heavy (non-hydrogen) atoms. The number of carbonyl (C=O) groups is 2. The second-order valence-electron chi connectivity index (χ2n) is 8.90. The smallest absolute Gasteiger partial charge is 0.256 e. The van der Waals surface area contributed by atoms with Crippen molar-refractivity contribution < 1.29 is 9.59 Å². The third-order valence-corrected chi connectivity index (χ3v) is 7.58. The van der Waals surface area contributed by atoms with Gasteiger partial charge in [0.2, 0.25) is 5.91 Å². The molecule has 0 bridgehead atoms. The number of nitrogens with one attached hydrogen (secondary N) is 1. The van der Waals surface area contributed by atoms with Gasteiger partial charge < -0.3 is 20.0 Å². The zero-order valence-electron chi connectivity index (χ0n) is 19.6. The summed E-state index contributed by atoms with van der Waals surface area (Å²) in [6, 6.07) is 13.7. The van der Waals surface area contributed by atoms with E-state index in [-0.39, 0.29) is 18.2 Å². The molecule has 1 atom stereocenters. The van der Waals surface area contributed by atoms with Crippen molar-refractivity contribution in [2.75, 3.05) is 56.5 Å². The number of rotatable bonds is 8. The monoisotopic (exact) mass is 577 g/mol. The van der Waals surface area contributed by atoms with Crippen molar-refractivity contribution in [3.8, 4) is 0 Å². The van der Waals surface area contributed by atoms with Crippen LogP contribution in [-0.2, 0) is 9.59 Å². The van der Waals surface area contributed by atoms with Crippen LogP contribution in [0.25, 0.3) is 0 Å². The summed E-state index contributed by atoms with van der Waals surface area (Å²) >= 11 is 15.2. The Labute approximate surface area is 225 Å². The van der Waals surface area contributed by atoms with Gasteiger partial charge in [0.1, 0.15) is 6.04 Å². The number of halogens is 2. The first-order chi connectivity index (χ1) is 16.8. The Kier molecular flexibility index (Phi) is 8.77. The van der Waals surface area contributed by atoms with Gasteiger partial charge in [-0.3, -0.25) is 14.5 Å². The molecule has 0 unspecified atom stereocenters. The summed E-state index contributed by atoms with van der Waals surface area (Å²) < 4.78 is 0.928. The van der Waals surface area contributed by atoms with Gasteiger partial charge in [-0.1, -0.05) is 27.5 Å². The first-order valence-corrected chi connectivity index (χ1v) is 13.3. The van der Waals surface area contributed by atoms with Crippen molar-refractivity contribution in [2.45, 2.75) is 18.9 Å². The Balaban J connectivity index is 1.46. The first-order valence-electron chi connectivity index (χ1n) is 11.7. The van der Waals surface area contributed by atoms with Crippen molar-refractivity contribution in [1.29, 1.82) is 0 Å². The number of likely N-dealkylation sites (N-methyl/N-ethyl adjacent to an activating group) is 1. The highest BCUT2D eigenvalue weighted by molar-refractivity contribution is 9.10. The van der Waals surface area contributed by atoms with E-state index in [1.807, 2.05) is 29.2 Å². The van der Waals surface area contributed by atoms with Crippen LogP contribution in [0.1, 0.15) is 12.8 Å². The molecule has 1 N–H and O–H groups in total. The molecule has 2 aliphatic heterocycles. The third kappa shape index (κ3) is 6.59. The summed E-state index contributed by atoms with van der Waals surface area (Å²) in [5, 5.41) is 3.91. The third-order valence-electron chi connectivity index (χ3n) is 6.38. The summed E-state index contributed by atoms with van der Waals surface area (Å²) in [4.78, 5) is 34.6. The van der Waals surface area contributed by atoms with Crippen LogP contribution in [0.15, 0.2) is 53.0 Å². The Morgan fingerprint density at radius 1 is 1.06 bits per heavy atom. The second-order valence-corrected chi connectivity index (χ2v) is 10.6. The van der Waals surface area contributed by atoms with E-state index in [1.165, 1.54) is 4.90 Å². The van der Waals surface area contributed by atoms with E-state index in [1.54, 1.807) is 24.3 Å². The van der Waals surface area contributed by atoms with Crippen LogP contribution in [0.5, 0.6) is 0 Å². The van der Waals surface area contributed by atoms with Crippen LogP contribution in [0.2, 0.25) is 5.02 Å². The molecule has 10 heteroatoms. The van der Waals surface area contributed by atoms with E-state index in [4.69, 9.17) is 23.8 Å². The van der Waals surface area contributed by atoms with E-state index in [0.717, 1.165) is 43.6 Å². The zero-order chi connectivity index (χ0) is 24.9. The van der Waals surface area contributed by atoms with Crippen molar-refractivity contribution in [3.05, 3.63) is 58.0 Å². The largest absolute Gasteiger partial charge is 0.336 e. The summed E-state index contributed by atoms with van der Waals surface area (Å²) in [5.74, 6) is -0.418. The molecule has 0 spiro atoms. The fourth-order valence-electron chi connectivity index (χ4n) is 4.37. The van der Waals surface area contributed by atoms with Gasteiger partial charge in [-0.2, -0.15) is 0 Å². The molecular weight excluding hydrogens is 550 g/mol. The molecule has 186 valence electrons. The molecule has 2 fully saturated rings. The van der Waals surface area contributed by atoms with Crippen LogP contribution < -0.4 is 10.2 Å². The second kappa shape index (κ2) is 11.8. The highest BCUT2D eigenvalue weighted by Crippen LogP contribution is 2.29. The summed E-state index contributed by atoms with van der Waals surface area (Å²) in [6.45, 7) is 5.73. The van der Waals surface area contributed by atoms with Crippen LogP contribution in [0.3, 0.4) is 0 Å². The topological polar surface area (TPSA) is 59.1 Å². The number of carbonyl (C=O) groups excluding carboxylic acids is 2. The molecule has 0 aromatic heterocycles. The molecule has 0 radical (unpaired) electrons. The van der Waals surface area contributed by atoms with E-state index >= 15 is 0 Å². The Morgan fingerprint density at radius 2 is 1.71 bits per heavy atom. The van der Waals surface area contributed by atoms with Gasteiger partial charge >= 0.3 is 0 Å². The summed E-state index contributed by atoms with van der Waals surface area (Å²) in [5.41, 5.74) is 1.34. The van der Waals surface area contributed by atoms with Gasteiger partial charge in [0, 0.05) is 47.9 Å². The van der Waals surface area contributed by atoms with Gasteiger partial charge in [-0.15, -0.1) is 0 Å². The maximum atomic E-state index is 13.5. The fraction of sp³-hybridized carbons (Fsp3) is 0.400. The number of benzene rings is 2. The number of thiocarbonyl (C=S) groups is 1. The molecule has 0 aliphatic carbocycles. The first kappa shape index (κ1) is 26.0. The van der Waals surface area contributed by atoms with Crippen LogP contribution in [-0.4, -0.2) is 84.0 Å². The lowest BCUT2D eigenvalue weighted by Crippen LogP contribution is -2.45. The minimum Gasteiger partial charge on any atom is -0.336 e. The van der Waals surface area contributed by atoms with E-state index < -0.39 is 6.04 Å². The molecular formula is C25H29BrClN5O2S. The van der Waals surface area contributed by atoms with Gasteiger partial charge in [0.05, 0.1) is 12.1 Å². The standard InChI is InChI=1S/C25H29BrClN5O2S/c1-29-13-15-30(16-14-29)11-2-12-31-22(17-23(33)28-20-7-3-18(26)4-8-20)24(34)32(25(31)35)21-9-5-19(27)6-10-21/h3-10,22H,2,11-17H2,1H3,(H,28,33)/t22-/m1/s1. The molecule has 2 amide bonds. The van der Waals surface area contributed by atoms with Gasteiger partial charge in [-0.25, -0.2) is 0 Å². The summed E-state index contributed by atoms with van der Waals surface area (Å²) in [6.07, 6.45) is 0.879. The molecule has 2 saturated heterocycles. The number of piperazine rings is 1. The predicted molar refractivity (Wildman–Crippen MR) is 148 cm³/mol. The number of amides is 2. The minimum atomic E-state index is -0.652. The minimum absolute atomic E-state index is 0.0215. The van der Waals surface area contributed by atoms with Crippen LogP contribution in [0, 0.1) is 0 Å². The Morgan fingerprint density at radius 3 is 2.37 bits per heavy atom.